The molecule has 3 unspecified atom stereocenters. The van der Waals surface area contributed by atoms with E-state index in [1.807, 2.05) is 0 Å². The number of anilines is 1. The Hall–Kier alpha value is -1.06. The van der Waals surface area contributed by atoms with Crippen molar-refractivity contribution in [2.75, 3.05) is 50.7 Å². The number of rotatable bonds is 7. The number of nitrogens with zero attached hydrogens (tertiary/aromatic N) is 3. The zero-order chi connectivity index (χ0) is 19.8. The van der Waals surface area contributed by atoms with Gasteiger partial charge in [0, 0.05) is 57.5 Å². The van der Waals surface area contributed by atoms with Crippen molar-refractivity contribution in [1.82, 2.24) is 15.5 Å². The molecule has 2 fully saturated rings. The third-order valence-corrected chi connectivity index (χ3v) is 5.39. The molecule has 2 aliphatic rings. The number of benzene rings is 1. The van der Waals surface area contributed by atoms with Crippen LogP contribution >= 0.6 is 24.0 Å². The predicted octanol–water partition coefficient (Wildman–Crippen LogP) is 2.94. The van der Waals surface area contributed by atoms with E-state index in [4.69, 9.17) is 9.73 Å². The maximum Gasteiger partial charge on any atom is 0.191 e. The Kier molecular flexibility index (Phi) is 10.5. The SMILES string of the molecule is CCNC(=NCCCN1CC(C)OC(C)C1)NC1CCN(c2ccccc2)C1.I. The van der Waals surface area contributed by atoms with Crippen LogP contribution in [-0.4, -0.2) is 74.9 Å². The lowest BCUT2D eigenvalue weighted by atomic mass is 10.2. The third-order valence-electron chi connectivity index (χ3n) is 5.39. The van der Waals surface area contributed by atoms with Gasteiger partial charge < -0.3 is 20.3 Å². The first-order valence-corrected chi connectivity index (χ1v) is 10.9. The van der Waals surface area contributed by atoms with E-state index in [1.165, 1.54) is 5.69 Å². The average Bonchev–Trinajstić information content (AvgIpc) is 3.14. The lowest BCUT2D eigenvalue weighted by Crippen LogP contribution is -2.46. The Morgan fingerprint density at radius 2 is 1.86 bits per heavy atom. The molecule has 0 aromatic heterocycles. The summed E-state index contributed by atoms with van der Waals surface area (Å²) in [5.41, 5.74) is 1.31. The van der Waals surface area contributed by atoms with Crippen LogP contribution in [0.2, 0.25) is 0 Å². The molecule has 0 spiro atoms. The van der Waals surface area contributed by atoms with E-state index in [1.54, 1.807) is 0 Å². The molecule has 0 amide bonds. The molecule has 3 rings (SSSR count). The summed E-state index contributed by atoms with van der Waals surface area (Å²) in [4.78, 5) is 9.76. The van der Waals surface area contributed by atoms with Crippen LogP contribution in [0.4, 0.5) is 5.69 Å². The molecular weight excluding hydrogens is 477 g/mol. The van der Waals surface area contributed by atoms with E-state index in [2.05, 4.69) is 71.5 Å². The van der Waals surface area contributed by atoms with Gasteiger partial charge in [0.15, 0.2) is 5.96 Å². The number of morpholine rings is 1. The van der Waals surface area contributed by atoms with Crippen molar-refractivity contribution in [1.29, 1.82) is 0 Å². The number of para-hydroxylation sites is 1. The van der Waals surface area contributed by atoms with Gasteiger partial charge in [-0.15, -0.1) is 24.0 Å². The fourth-order valence-electron chi connectivity index (χ4n) is 4.22. The molecule has 29 heavy (non-hydrogen) atoms. The molecule has 2 saturated heterocycles. The molecular formula is C22H38IN5O. The summed E-state index contributed by atoms with van der Waals surface area (Å²) in [6, 6.07) is 11.1. The molecule has 2 N–H and O–H groups in total. The molecule has 6 nitrogen and oxygen atoms in total. The molecule has 2 aliphatic heterocycles. The van der Waals surface area contributed by atoms with Gasteiger partial charge in [-0.2, -0.15) is 0 Å². The topological polar surface area (TPSA) is 52.1 Å². The van der Waals surface area contributed by atoms with Gasteiger partial charge in [-0.05, 0) is 45.7 Å². The molecule has 0 saturated carbocycles. The van der Waals surface area contributed by atoms with Crippen molar-refractivity contribution in [2.45, 2.75) is 51.9 Å². The molecule has 164 valence electrons. The summed E-state index contributed by atoms with van der Waals surface area (Å²) < 4.78 is 5.81. The van der Waals surface area contributed by atoms with Gasteiger partial charge in [-0.1, -0.05) is 18.2 Å². The van der Waals surface area contributed by atoms with Crippen LogP contribution < -0.4 is 15.5 Å². The largest absolute Gasteiger partial charge is 0.373 e. The summed E-state index contributed by atoms with van der Waals surface area (Å²) in [5.74, 6) is 0.950. The minimum absolute atomic E-state index is 0. The van der Waals surface area contributed by atoms with E-state index in [-0.39, 0.29) is 24.0 Å². The van der Waals surface area contributed by atoms with Crippen LogP contribution in [0.15, 0.2) is 35.3 Å². The zero-order valence-corrected chi connectivity index (χ0v) is 20.5. The second kappa shape index (κ2) is 12.6. The van der Waals surface area contributed by atoms with Crippen molar-refractivity contribution < 1.29 is 4.74 Å². The number of nitrogens with one attached hydrogen (secondary N) is 2. The number of halogens is 1. The highest BCUT2D eigenvalue weighted by atomic mass is 127. The van der Waals surface area contributed by atoms with Gasteiger partial charge >= 0.3 is 0 Å². The predicted molar refractivity (Wildman–Crippen MR) is 133 cm³/mol. The normalized spacial score (nSPS) is 25.6. The van der Waals surface area contributed by atoms with E-state index in [9.17, 15) is 0 Å². The van der Waals surface area contributed by atoms with Gasteiger partial charge in [0.2, 0.25) is 0 Å². The minimum atomic E-state index is 0. The van der Waals surface area contributed by atoms with E-state index in [0.717, 1.165) is 64.6 Å². The second-order valence-electron chi connectivity index (χ2n) is 8.04. The number of guanidine groups is 1. The minimum Gasteiger partial charge on any atom is -0.373 e. The van der Waals surface area contributed by atoms with Crippen LogP contribution in [-0.2, 0) is 4.74 Å². The number of hydrogen-bond donors (Lipinski definition) is 2. The van der Waals surface area contributed by atoms with Gasteiger partial charge in [-0.3, -0.25) is 9.89 Å². The fraction of sp³-hybridized carbons (Fsp3) is 0.682. The summed E-state index contributed by atoms with van der Waals surface area (Å²) in [6.45, 7) is 13.5. The molecule has 0 aliphatic carbocycles. The van der Waals surface area contributed by atoms with E-state index in [0.29, 0.717) is 18.2 Å². The number of hydrogen-bond acceptors (Lipinski definition) is 4. The van der Waals surface area contributed by atoms with Crippen molar-refractivity contribution in [3.05, 3.63) is 30.3 Å². The highest BCUT2D eigenvalue weighted by Crippen LogP contribution is 2.19. The van der Waals surface area contributed by atoms with Crippen LogP contribution in [0.25, 0.3) is 0 Å². The van der Waals surface area contributed by atoms with Gasteiger partial charge in [0.1, 0.15) is 0 Å². The van der Waals surface area contributed by atoms with Crippen molar-refractivity contribution in [2.24, 2.45) is 4.99 Å². The Labute approximate surface area is 193 Å². The van der Waals surface area contributed by atoms with Gasteiger partial charge in [-0.25, -0.2) is 0 Å². The first kappa shape index (κ1) is 24.2. The Bertz CT molecular complexity index is 604. The van der Waals surface area contributed by atoms with Gasteiger partial charge in [0.25, 0.3) is 0 Å². The summed E-state index contributed by atoms with van der Waals surface area (Å²) >= 11 is 0. The van der Waals surface area contributed by atoms with Crippen molar-refractivity contribution in [3.63, 3.8) is 0 Å². The fourth-order valence-corrected chi connectivity index (χ4v) is 4.22. The molecule has 0 bridgehead atoms. The zero-order valence-electron chi connectivity index (χ0n) is 18.1. The van der Waals surface area contributed by atoms with Crippen LogP contribution in [0.1, 0.15) is 33.6 Å². The van der Waals surface area contributed by atoms with Crippen molar-refractivity contribution >= 4 is 35.6 Å². The van der Waals surface area contributed by atoms with Crippen LogP contribution in [0.3, 0.4) is 0 Å². The molecule has 0 radical (unpaired) electrons. The van der Waals surface area contributed by atoms with E-state index < -0.39 is 0 Å². The molecule has 2 heterocycles. The highest BCUT2D eigenvalue weighted by Gasteiger charge is 2.23. The highest BCUT2D eigenvalue weighted by molar-refractivity contribution is 14.0. The Morgan fingerprint density at radius 3 is 2.55 bits per heavy atom. The second-order valence-corrected chi connectivity index (χ2v) is 8.04. The lowest BCUT2D eigenvalue weighted by molar-refractivity contribution is -0.0679. The number of ether oxygens (including phenoxy) is 1. The van der Waals surface area contributed by atoms with Crippen LogP contribution in [0, 0.1) is 0 Å². The Balaban J connectivity index is 0.00000300. The smallest absolute Gasteiger partial charge is 0.191 e. The molecule has 1 aromatic carbocycles. The number of aliphatic imine (C=N–C) groups is 1. The van der Waals surface area contributed by atoms with Gasteiger partial charge in [0.05, 0.1) is 12.2 Å². The first-order valence-electron chi connectivity index (χ1n) is 10.9. The molecule has 3 atom stereocenters. The van der Waals surface area contributed by atoms with E-state index >= 15 is 0 Å². The van der Waals surface area contributed by atoms with Crippen LogP contribution in [0.5, 0.6) is 0 Å². The average molecular weight is 515 g/mol. The summed E-state index contributed by atoms with van der Waals surface area (Å²) in [7, 11) is 0. The molecule has 7 heteroatoms. The molecule has 1 aromatic rings. The Morgan fingerprint density at radius 1 is 1.14 bits per heavy atom. The third kappa shape index (κ3) is 7.94. The first-order chi connectivity index (χ1) is 13.6. The monoisotopic (exact) mass is 515 g/mol. The maximum atomic E-state index is 5.81. The summed E-state index contributed by atoms with van der Waals surface area (Å²) in [5, 5.41) is 7.04. The van der Waals surface area contributed by atoms with Crippen molar-refractivity contribution in [3.8, 4) is 0 Å². The summed E-state index contributed by atoms with van der Waals surface area (Å²) in [6.07, 6.45) is 2.89. The maximum absolute atomic E-state index is 5.81. The standard InChI is InChI=1S/C22H37N5O.HI/c1-4-23-22(24-12-8-13-26-15-18(2)28-19(3)16-26)25-20-11-14-27(17-20)21-9-6-5-7-10-21;/h5-7,9-10,18-20H,4,8,11-17H2,1-3H3,(H2,23,24,25);1H. The quantitative estimate of drug-likeness (QED) is 0.253. The lowest BCUT2D eigenvalue weighted by Gasteiger charge is -2.35.